The van der Waals surface area contributed by atoms with Gasteiger partial charge in [0.15, 0.2) is 5.76 Å². The Bertz CT molecular complexity index is 291. The molecule has 1 saturated carbocycles. The molecule has 0 radical (unpaired) electrons. The van der Waals surface area contributed by atoms with E-state index in [1.165, 1.54) is 19.3 Å². The predicted octanol–water partition coefficient (Wildman–Crippen LogP) is 2.74. The summed E-state index contributed by atoms with van der Waals surface area (Å²) in [5.74, 6) is 1.50. The third kappa shape index (κ3) is 1.82. The Labute approximate surface area is 84.7 Å². The van der Waals surface area contributed by atoms with Crippen LogP contribution in [-0.4, -0.2) is 5.16 Å². The third-order valence-corrected chi connectivity index (χ3v) is 3.04. The molecule has 1 heterocycles. The van der Waals surface area contributed by atoms with Crippen LogP contribution in [0.3, 0.4) is 0 Å². The molecule has 2 rings (SSSR count). The molecule has 14 heavy (non-hydrogen) atoms. The van der Waals surface area contributed by atoms with Crippen molar-refractivity contribution < 1.29 is 4.52 Å². The van der Waals surface area contributed by atoms with Crippen LogP contribution in [0.5, 0.6) is 0 Å². The molecule has 1 fully saturated rings. The SMILES string of the molecule is CCCC(N)c1cc(C2CCC2)no1. The highest BCUT2D eigenvalue weighted by Gasteiger charge is 2.24. The van der Waals surface area contributed by atoms with Crippen LogP contribution >= 0.6 is 0 Å². The minimum absolute atomic E-state index is 0.0290. The van der Waals surface area contributed by atoms with E-state index >= 15 is 0 Å². The summed E-state index contributed by atoms with van der Waals surface area (Å²) >= 11 is 0. The summed E-state index contributed by atoms with van der Waals surface area (Å²) < 4.78 is 5.26. The van der Waals surface area contributed by atoms with E-state index in [-0.39, 0.29) is 6.04 Å². The summed E-state index contributed by atoms with van der Waals surface area (Å²) in [4.78, 5) is 0. The van der Waals surface area contributed by atoms with Gasteiger partial charge in [0.1, 0.15) is 0 Å². The third-order valence-electron chi connectivity index (χ3n) is 3.04. The number of hydrogen-bond acceptors (Lipinski definition) is 3. The van der Waals surface area contributed by atoms with Crippen molar-refractivity contribution >= 4 is 0 Å². The van der Waals surface area contributed by atoms with Crippen molar-refractivity contribution in [2.45, 2.75) is 51.0 Å². The zero-order chi connectivity index (χ0) is 9.97. The van der Waals surface area contributed by atoms with Gasteiger partial charge in [0.25, 0.3) is 0 Å². The van der Waals surface area contributed by atoms with E-state index in [1.54, 1.807) is 0 Å². The Morgan fingerprint density at radius 1 is 1.64 bits per heavy atom. The molecule has 0 aromatic carbocycles. The standard InChI is InChI=1S/C11H18N2O/c1-2-4-9(12)11-7-10(13-14-11)8-5-3-6-8/h7-9H,2-6,12H2,1H3. The second-order valence-electron chi connectivity index (χ2n) is 4.18. The van der Waals surface area contributed by atoms with Gasteiger partial charge < -0.3 is 10.3 Å². The van der Waals surface area contributed by atoms with Crippen LogP contribution in [0.1, 0.15) is 62.4 Å². The number of hydrogen-bond donors (Lipinski definition) is 1. The van der Waals surface area contributed by atoms with Crippen molar-refractivity contribution in [2.24, 2.45) is 5.73 Å². The molecule has 3 nitrogen and oxygen atoms in total. The minimum Gasteiger partial charge on any atom is -0.359 e. The van der Waals surface area contributed by atoms with Crippen molar-refractivity contribution in [3.05, 3.63) is 17.5 Å². The lowest BCUT2D eigenvalue weighted by molar-refractivity contribution is 0.331. The largest absolute Gasteiger partial charge is 0.359 e. The van der Waals surface area contributed by atoms with Gasteiger partial charge in [-0.2, -0.15) is 0 Å². The van der Waals surface area contributed by atoms with E-state index in [9.17, 15) is 0 Å². The average Bonchev–Trinajstić information content (AvgIpc) is 2.50. The van der Waals surface area contributed by atoms with Gasteiger partial charge in [0, 0.05) is 12.0 Å². The van der Waals surface area contributed by atoms with E-state index in [0.29, 0.717) is 5.92 Å². The highest BCUT2D eigenvalue weighted by atomic mass is 16.5. The first-order chi connectivity index (χ1) is 6.81. The van der Waals surface area contributed by atoms with Crippen molar-refractivity contribution in [1.29, 1.82) is 0 Å². The van der Waals surface area contributed by atoms with Crippen LogP contribution in [0, 0.1) is 0 Å². The second kappa shape index (κ2) is 4.13. The van der Waals surface area contributed by atoms with E-state index in [1.807, 2.05) is 6.07 Å². The zero-order valence-corrected chi connectivity index (χ0v) is 8.70. The molecule has 3 heteroatoms. The molecule has 1 aliphatic carbocycles. The second-order valence-corrected chi connectivity index (χ2v) is 4.18. The van der Waals surface area contributed by atoms with Crippen molar-refractivity contribution in [3.8, 4) is 0 Å². The Hall–Kier alpha value is -0.830. The maximum atomic E-state index is 5.94. The smallest absolute Gasteiger partial charge is 0.153 e. The van der Waals surface area contributed by atoms with Gasteiger partial charge in [-0.05, 0) is 19.3 Å². The first-order valence-electron chi connectivity index (χ1n) is 5.53. The fraction of sp³-hybridized carbons (Fsp3) is 0.727. The lowest BCUT2D eigenvalue weighted by atomic mass is 9.83. The van der Waals surface area contributed by atoms with Crippen molar-refractivity contribution in [2.75, 3.05) is 0 Å². The van der Waals surface area contributed by atoms with Gasteiger partial charge in [0.2, 0.25) is 0 Å². The first kappa shape index (κ1) is 9.71. The van der Waals surface area contributed by atoms with E-state index < -0.39 is 0 Å². The Kier molecular flexibility index (Phi) is 2.87. The lowest BCUT2D eigenvalue weighted by Crippen LogP contribution is -2.10. The fourth-order valence-corrected chi connectivity index (χ4v) is 1.83. The van der Waals surface area contributed by atoms with Gasteiger partial charge >= 0.3 is 0 Å². The summed E-state index contributed by atoms with van der Waals surface area (Å²) in [6.45, 7) is 2.13. The molecule has 0 saturated heterocycles. The first-order valence-corrected chi connectivity index (χ1v) is 5.53. The highest BCUT2D eigenvalue weighted by molar-refractivity contribution is 5.15. The molecule has 0 spiro atoms. The summed E-state index contributed by atoms with van der Waals surface area (Å²) in [6, 6.07) is 2.07. The number of rotatable bonds is 4. The van der Waals surface area contributed by atoms with Crippen LogP contribution < -0.4 is 5.73 Å². The molecule has 0 bridgehead atoms. The van der Waals surface area contributed by atoms with Crippen LogP contribution in [0.25, 0.3) is 0 Å². The topological polar surface area (TPSA) is 52.0 Å². The normalized spacial score (nSPS) is 19.3. The summed E-state index contributed by atoms with van der Waals surface area (Å²) in [5.41, 5.74) is 7.05. The summed E-state index contributed by atoms with van der Waals surface area (Å²) in [5, 5.41) is 4.09. The monoisotopic (exact) mass is 194 g/mol. The number of nitrogens with zero attached hydrogens (tertiary/aromatic N) is 1. The van der Waals surface area contributed by atoms with Gasteiger partial charge in [-0.1, -0.05) is 24.9 Å². The summed E-state index contributed by atoms with van der Waals surface area (Å²) in [6.07, 6.45) is 5.90. The fourth-order valence-electron chi connectivity index (χ4n) is 1.83. The molecule has 1 unspecified atom stereocenters. The molecule has 78 valence electrons. The Morgan fingerprint density at radius 2 is 2.43 bits per heavy atom. The maximum Gasteiger partial charge on any atom is 0.153 e. The molecule has 1 aliphatic rings. The molecular weight excluding hydrogens is 176 g/mol. The molecule has 1 aromatic rings. The molecule has 2 N–H and O–H groups in total. The van der Waals surface area contributed by atoms with Gasteiger partial charge in [-0.15, -0.1) is 0 Å². The van der Waals surface area contributed by atoms with E-state index in [4.69, 9.17) is 10.3 Å². The zero-order valence-electron chi connectivity index (χ0n) is 8.70. The van der Waals surface area contributed by atoms with Crippen molar-refractivity contribution in [3.63, 3.8) is 0 Å². The number of nitrogens with two attached hydrogens (primary N) is 1. The van der Waals surface area contributed by atoms with Crippen molar-refractivity contribution in [1.82, 2.24) is 5.16 Å². The average molecular weight is 194 g/mol. The van der Waals surface area contributed by atoms with E-state index in [2.05, 4.69) is 12.1 Å². The summed E-state index contributed by atoms with van der Waals surface area (Å²) in [7, 11) is 0. The van der Waals surface area contributed by atoms with Crippen LogP contribution in [0.4, 0.5) is 0 Å². The molecule has 0 aliphatic heterocycles. The minimum atomic E-state index is 0.0290. The molecule has 0 amide bonds. The lowest BCUT2D eigenvalue weighted by Gasteiger charge is -2.22. The van der Waals surface area contributed by atoms with Gasteiger partial charge in [0.05, 0.1) is 11.7 Å². The van der Waals surface area contributed by atoms with Crippen LogP contribution in [0.2, 0.25) is 0 Å². The molecular formula is C11H18N2O. The van der Waals surface area contributed by atoms with Crippen LogP contribution in [-0.2, 0) is 0 Å². The highest BCUT2D eigenvalue weighted by Crippen LogP contribution is 2.36. The Morgan fingerprint density at radius 3 is 3.00 bits per heavy atom. The predicted molar refractivity (Wildman–Crippen MR) is 54.9 cm³/mol. The molecule has 1 aromatic heterocycles. The maximum absolute atomic E-state index is 5.94. The van der Waals surface area contributed by atoms with Gasteiger partial charge in [-0.3, -0.25) is 0 Å². The van der Waals surface area contributed by atoms with E-state index in [0.717, 1.165) is 24.3 Å². The molecule has 1 atom stereocenters. The Balaban J connectivity index is 2.01. The number of aromatic nitrogens is 1. The van der Waals surface area contributed by atoms with Gasteiger partial charge in [-0.25, -0.2) is 0 Å². The van der Waals surface area contributed by atoms with Crippen LogP contribution in [0.15, 0.2) is 10.6 Å². The quantitative estimate of drug-likeness (QED) is 0.801.